The smallest absolute Gasteiger partial charge is 0.216 e. The van der Waals surface area contributed by atoms with E-state index in [1.807, 2.05) is 12.1 Å². The van der Waals surface area contributed by atoms with E-state index in [1.54, 1.807) is 10.4 Å². The highest BCUT2D eigenvalue weighted by atomic mass is 28.3. The zero-order chi connectivity index (χ0) is 86.2. The second-order valence-corrected chi connectivity index (χ2v) is 71.4. The predicted molar refractivity (Wildman–Crippen MR) is 522 cm³/mol. The van der Waals surface area contributed by atoms with Gasteiger partial charge in [0.25, 0.3) is 0 Å². The number of hydrogen-bond acceptors (Lipinski definition) is 3. The van der Waals surface area contributed by atoms with Crippen LogP contribution in [0.15, 0.2) is 177 Å². The van der Waals surface area contributed by atoms with Gasteiger partial charge in [-0.25, -0.2) is 8.78 Å². The van der Waals surface area contributed by atoms with Crippen LogP contribution in [-0.2, 0) is 21.1 Å². The fraction of sp³-hybridized carbons (Fsp3) is 0.337. The van der Waals surface area contributed by atoms with Crippen LogP contribution in [0.25, 0.3) is 132 Å². The van der Waals surface area contributed by atoms with Crippen LogP contribution < -0.4 is 50.0 Å². The largest absolute Gasteiger partial charge is 0.455 e. The zero-order valence-corrected chi connectivity index (χ0v) is 82.9. The number of hydrogen-bond donors (Lipinski definition) is 0. The molecule has 610 valence electrons. The number of halogens is 2. The Morgan fingerprint density at radius 2 is 0.576 bits per heavy atom. The molecule has 0 aliphatic heterocycles. The summed E-state index contributed by atoms with van der Waals surface area (Å²) in [7, 11) is -3.94. The Hall–Kier alpha value is -9.01. The summed E-state index contributed by atoms with van der Waals surface area (Å²) in [5, 5.41) is 21.5. The van der Waals surface area contributed by atoms with E-state index in [-0.39, 0.29) is 21.7 Å². The second-order valence-electron chi connectivity index (χ2n) is 41.3. The van der Waals surface area contributed by atoms with Crippen molar-refractivity contribution in [3.63, 3.8) is 0 Å². The maximum absolute atomic E-state index is 14.2. The fourth-order valence-electron chi connectivity index (χ4n) is 18.6. The molecule has 0 N–H and O–H groups in total. The number of aromatic nitrogens is 3. The zero-order valence-electron chi connectivity index (χ0n) is 76.9. The Morgan fingerprint density at radius 3 is 0.907 bits per heavy atom. The Balaban J connectivity index is 0.000000146. The summed E-state index contributed by atoms with van der Waals surface area (Å²) >= 11 is 0. The molecule has 0 saturated carbocycles. The molecule has 6 aromatic heterocycles. The van der Waals surface area contributed by atoms with E-state index in [1.165, 1.54) is 155 Å². The first-order valence-electron chi connectivity index (χ1n) is 42.4. The lowest BCUT2D eigenvalue weighted by Crippen LogP contribution is -2.55. The van der Waals surface area contributed by atoms with Gasteiger partial charge in [-0.05, 0) is 205 Å². The molecule has 0 aliphatic rings. The van der Waals surface area contributed by atoms with E-state index in [9.17, 15) is 8.78 Å². The van der Waals surface area contributed by atoms with Crippen LogP contribution in [-0.4, -0.2) is 48.4 Å². The first-order valence-corrected chi connectivity index (χ1v) is 61.9. The maximum Gasteiger partial charge on any atom is 0.216 e. The van der Waals surface area contributed by atoms with Crippen LogP contribution in [0.4, 0.5) is 8.78 Å². The number of fused-ring (bicyclic) bond motifs is 12. The molecule has 10 aromatic carbocycles. The van der Waals surface area contributed by atoms with Crippen LogP contribution in [0.1, 0.15) is 91.6 Å². The number of nitrogens with zero attached hydrogens (tertiary/aromatic N) is 3. The SMILES string of the molecule is Cc1cc2c(cc1[Si](C)(C)C)c([Si](C)(C)C(C)(C)C)cc(-c1c(C)c(C)cc3c1oc1cc(F)ccc13)[n+]2C.Cc1cc2c(cc1[Si](C)(C)C)c([Si](C)(C)C(C)(C)C)cc(-c1c(C)c(C)cc3c1oc1ccccc13)[n+]2C.Cc1cc2c(cc1[Si](C)(C)C)c([Si](C)(C)c1ccccc1)cc(-c1c(C)c(C)cc3c1oc1cc(F)ccc13)[n+]2C. The lowest BCUT2D eigenvalue weighted by Gasteiger charge is -2.38. The standard InChI is InChI=1S/C36H39FNOSi2.C34H43FNOSi2.C34H44NOSi2/c1-22-17-28-27-16-15-25(37)19-32(27)39-36(28)35(24(22)3)31-21-34(41(8,9)26-13-11-10-12-14-26)29-20-33(40(5,6)7)23(2)18-30(29)38(31)4;1-20-15-25-24-14-13-23(35)17-29(24)37-33(25)32(22(20)3)28-19-31(39(11,12)34(4,5)6)26-18-30(38(8,9)10)21(2)16-27(26)36(28)7;1-21-17-25-24-15-13-14-16-29(24)36-33(25)32(23(21)3)28-20-31(38(11,12)34(4,5)6)26-19-30(37(8,9)10)22(2)18-27(26)35(28)7/h10-21H,1-9H3;13-19H,1-12H3;13-20H,1-12H3/q3*+1. The van der Waals surface area contributed by atoms with Crippen LogP contribution in [0.2, 0.25) is 108 Å². The van der Waals surface area contributed by atoms with Crippen molar-refractivity contribution < 1.29 is 35.7 Å². The molecular formula is C104H126F2N3O3Si6+3. The van der Waals surface area contributed by atoms with E-state index in [4.69, 9.17) is 13.3 Å². The molecule has 0 bridgehead atoms. The molecule has 14 heteroatoms. The third-order valence-corrected chi connectivity index (χ3v) is 49.1. The van der Waals surface area contributed by atoms with Crippen LogP contribution in [0.5, 0.6) is 0 Å². The second kappa shape index (κ2) is 29.7. The molecule has 0 saturated heterocycles. The molecule has 0 fully saturated rings. The van der Waals surface area contributed by atoms with Gasteiger partial charge in [-0.1, -0.05) is 209 Å². The van der Waals surface area contributed by atoms with Gasteiger partial charge in [-0.15, -0.1) is 0 Å². The summed E-state index contributed by atoms with van der Waals surface area (Å²) in [6.45, 7) is 71.7. The summed E-state index contributed by atoms with van der Waals surface area (Å²) < 4.78 is 55.1. The minimum absolute atomic E-state index is 0.176. The Bertz CT molecular complexity index is 6840. The number of para-hydroxylation sites is 1. The van der Waals surface area contributed by atoms with E-state index in [2.05, 4.69) is 364 Å². The fourth-order valence-corrected chi connectivity index (χ4v) is 31.2. The van der Waals surface area contributed by atoms with Crippen LogP contribution in [0.3, 0.4) is 0 Å². The van der Waals surface area contributed by atoms with E-state index in [0.29, 0.717) is 11.2 Å². The Morgan fingerprint density at radius 1 is 0.280 bits per heavy atom. The summed E-state index contributed by atoms with van der Waals surface area (Å²) in [5.74, 6) is -0.559. The molecule has 0 amide bonds. The van der Waals surface area contributed by atoms with Gasteiger partial charge in [-0.3, -0.25) is 0 Å². The average molecular weight is 1670 g/mol. The highest BCUT2D eigenvalue weighted by Gasteiger charge is 2.44. The maximum atomic E-state index is 14.2. The van der Waals surface area contributed by atoms with Gasteiger partial charge in [0.2, 0.25) is 33.6 Å². The highest BCUT2D eigenvalue weighted by molar-refractivity contribution is 7.02. The normalized spacial score (nSPS) is 13.0. The number of rotatable bonds is 10. The average Bonchev–Trinajstić information content (AvgIpc) is 0.946. The van der Waals surface area contributed by atoms with E-state index >= 15 is 0 Å². The summed E-state index contributed by atoms with van der Waals surface area (Å²) in [4.78, 5) is 0. The van der Waals surface area contributed by atoms with E-state index < -0.39 is 48.4 Å². The van der Waals surface area contributed by atoms with Crippen LogP contribution in [0, 0.1) is 73.9 Å². The van der Waals surface area contributed by atoms with Gasteiger partial charge in [0, 0.05) is 97.0 Å². The Kier molecular flexibility index (Phi) is 21.5. The first kappa shape index (κ1) is 85.4. The van der Waals surface area contributed by atoms with Gasteiger partial charge < -0.3 is 13.3 Å². The molecule has 0 aliphatic carbocycles. The summed E-state index contributed by atoms with van der Waals surface area (Å²) in [6.07, 6.45) is 0. The molecule has 6 nitrogen and oxygen atoms in total. The van der Waals surface area contributed by atoms with Crippen molar-refractivity contribution in [3.8, 4) is 33.8 Å². The van der Waals surface area contributed by atoms with Crippen LogP contribution >= 0.6 is 0 Å². The third kappa shape index (κ3) is 14.5. The van der Waals surface area contributed by atoms with Crippen molar-refractivity contribution >= 4 is 183 Å². The van der Waals surface area contributed by atoms with Crippen molar-refractivity contribution in [2.24, 2.45) is 21.1 Å². The number of pyridine rings is 3. The quantitative estimate of drug-likeness (QED) is 0.101. The topological polar surface area (TPSA) is 51.1 Å². The summed E-state index contributed by atoms with van der Waals surface area (Å²) in [6, 6.07) is 58.2. The first-order chi connectivity index (χ1) is 54.8. The van der Waals surface area contributed by atoms with Crippen molar-refractivity contribution in [1.29, 1.82) is 0 Å². The molecule has 0 radical (unpaired) electrons. The lowest BCUT2D eigenvalue weighted by atomic mass is 9.95. The highest BCUT2D eigenvalue weighted by Crippen LogP contribution is 2.46. The number of aryl methyl sites for hydroxylation is 9. The molecule has 6 heterocycles. The van der Waals surface area contributed by atoms with Gasteiger partial charge in [0.05, 0.1) is 57.1 Å². The van der Waals surface area contributed by atoms with Gasteiger partial charge in [0.1, 0.15) is 74.3 Å². The molecule has 0 spiro atoms. The van der Waals surface area contributed by atoms with Crippen molar-refractivity contribution in [2.45, 2.75) is 212 Å². The van der Waals surface area contributed by atoms with Crippen molar-refractivity contribution in [3.05, 3.63) is 225 Å². The third-order valence-electron chi connectivity index (χ3n) is 28.0. The predicted octanol–water partition coefficient (Wildman–Crippen LogP) is 24.6. The molecule has 16 aromatic rings. The lowest BCUT2D eigenvalue weighted by molar-refractivity contribution is -0.633. The monoisotopic (exact) mass is 1670 g/mol. The summed E-state index contributed by atoms with van der Waals surface area (Å²) in [5.41, 5.74) is 27.2. The van der Waals surface area contributed by atoms with Gasteiger partial charge >= 0.3 is 0 Å². The van der Waals surface area contributed by atoms with E-state index in [0.717, 1.165) is 66.4 Å². The minimum atomic E-state index is -2.12. The minimum Gasteiger partial charge on any atom is -0.455 e. The van der Waals surface area contributed by atoms with Crippen molar-refractivity contribution in [2.75, 3.05) is 0 Å². The number of benzene rings is 10. The van der Waals surface area contributed by atoms with Gasteiger partial charge in [0.15, 0.2) is 0 Å². The molecule has 0 unspecified atom stereocenters. The number of furan rings is 3. The molecule has 118 heavy (non-hydrogen) atoms. The Labute approximate surface area is 706 Å². The van der Waals surface area contributed by atoms with Crippen molar-refractivity contribution in [1.82, 2.24) is 0 Å². The molecular weight excluding hydrogens is 1550 g/mol. The molecule has 16 rings (SSSR count). The van der Waals surface area contributed by atoms with Gasteiger partial charge in [-0.2, -0.15) is 13.7 Å². The molecule has 0 atom stereocenters.